The van der Waals surface area contributed by atoms with Crippen molar-refractivity contribution in [3.63, 3.8) is 0 Å². The molecule has 0 saturated carbocycles. The molecule has 0 spiro atoms. The van der Waals surface area contributed by atoms with Gasteiger partial charge in [0.05, 0.1) is 9.09 Å². The molecule has 120 valence electrons. The van der Waals surface area contributed by atoms with Gasteiger partial charge >= 0.3 is 0 Å². The van der Waals surface area contributed by atoms with Gasteiger partial charge in [-0.1, -0.05) is 23.4 Å². The van der Waals surface area contributed by atoms with Crippen molar-refractivity contribution in [2.24, 2.45) is 0 Å². The van der Waals surface area contributed by atoms with E-state index in [0.717, 1.165) is 20.5 Å². The zero-order valence-electron chi connectivity index (χ0n) is 12.3. The number of nitrogens with zero attached hydrogens (tertiary/aromatic N) is 1. The number of pyridine rings is 1. The Morgan fingerprint density at radius 1 is 1.39 bits per heavy atom. The van der Waals surface area contributed by atoms with E-state index < -0.39 is 0 Å². The van der Waals surface area contributed by atoms with Crippen molar-refractivity contribution < 1.29 is 4.79 Å². The zero-order chi connectivity index (χ0) is 15.8. The molecule has 0 radical (unpaired) electrons. The molecule has 2 aromatic rings. The molecule has 7 heteroatoms. The lowest BCUT2D eigenvalue weighted by Crippen LogP contribution is -2.42. The van der Waals surface area contributed by atoms with Gasteiger partial charge in [-0.2, -0.15) is 0 Å². The molecular weight excluding hydrogens is 350 g/mol. The summed E-state index contributed by atoms with van der Waals surface area (Å²) in [5.41, 5.74) is 0. The number of halogens is 1. The minimum atomic E-state index is 0.0280. The number of carbonyl (C=O) groups excluding carboxylic acids is 1. The van der Waals surface area contributed by atoms with Gasteiger partial charge in [-0.3, -0.25) is 4.79 Å². The fourth-order valence-electron chi connectivity index (χ4n) is 3.26. The maximum absolute atomic E-state index is 12.4. The lowest BCUT2D eigenvalue weighted by Gasteiger charge is -2.20. The highest BCUT2D eigenvalue weighted by atomic mass is 35.5. The summed E-state index contributed by atoms with van der Waals surface area (Å²) in [4.78, 5) is 17.4. The first-order valence-corrected chi connectivity index (χ1v) is 9.64. The molecule has 3 unspecified atom stereocenters. The molecule has 2 saturated heterocycles. The summed E-state index contributed by atoms with van der Waals surface area (Å²) in [6.07, 6.45) is 5.15. The number of hydrogen-bond acceptors (Lipinski definition) is 5. The first-order valence-electron chi connectivity index (χ1n) is 7.63. The van der Waals surface area contributed by atoms with Crippen molar-refractivity contribution in [1.29, 1.82) is 0 Å². The Hall–Kier alpha value is -1.08. The summed E-state index contributed by atoms with van der Waals surface area (Å²) in [6, 6.07) is 8.74. The molecule has 2 aliphatic heterocycles. The monoisotopic (exact) mass is 365 g/mol. The second-order valence-corrected chi connectivity index (χ2v) is 8.74. The van der Waals surface area contributed by atoms with Gasteiger partial charge in [-0.25, -0.2) is 4.98 Å². The van der Waals surface area contributed by atoms with Crippen LogP contribution in [0.2, 0.25) is 5.02 Å². The first-order chi connectivity index (χ1) is 11.2. The summed E-state index contributed by atoms with van der Waals surface area (Å²) in [7, 11) is 0. The predicted molar refractivity (Wildman–Crippen MR) is 93.5 cm³/mol. The first kappa shape index (κ1) is 15.4. The van der Waals surface area contributed by atoms with E-state index in [0.29, 0.717) is 17.1 Å². The molecule has 2 aliphatic rings. The topological polar surface area (TPSA) is 54.0 Å². The third kappa shape index (κ3) is 3.40. The number of carbonyl (C=O) groups is 1. The zero-order valence-corrected chi connectivity index (χ0v) is 14.7. The van der Waals surface area contributed by atoms with Crippen LogP contribution in [-0.2, 0) is 0 Å². The molecule has 2 bridgehead atoms. The third-order valence-electron chi connectivity index (χ3n) is 4.32. The molecule has 2 aromatic heterocycles. The van der Waals surface area contributed by atoms with Crippen LogP contribution in [0.25, 0.3) is 0 Å². The van der Waals surface area contributed by atoms with Crippen molar-refractivity contribution in [1.82, 2.24) is 15.6 Å². The van der Waals surface area contributed by atoms with Crippen LogP contribution in [0.5, 0.6) is 0 Å². The van der Waals surface area contributed by atoms with E-state index in [9.17, 15) is 4.79 Å². The van der Waals surface area contributed by atoms with Crippen LogP contribution in [0.15, 0.2) is 39.7 Å². The van der Waals surface area contributed by atoms with Gasteiger partial charge < -0.3 is 10.6 Å². The van der Waals surface area contributed by atoms with E-state index in [-0.39, 0.29) is 11.9 Å². The van der Waals surface area contributed by atoms with Crippen LogP contribution in [-0.4, -0.2) is 29.0 Å². The van der Waals surface area contributed by atoms with Crippen molar-refractivity contribution in [3.8, 4) is 0 Å². The standard InChI is InChI=1S/C16H16ClN3OS2/c17-9-5-6-18-14(7-9)23-15-4-3-13(22-15)16(21)20-12-8-10-1-2-11(12)19-10/h3-7,10-12,19H,1-2,8H2,(H,20,21). The van der Waals surface area contributed by atoms with Gasteiger partial charge in [0.2, 0.25) is 0 Å². The second kappa shape index (κ2) is 6.43. The van der Waals surface area contributed by atoms with Gasteiger partial charge in [0.15, 0.2) is 0 Å². The molecule has 2 N–H and O–H groups in total. The van der Waals surface area contributed by atoms with E-state index >= 15 is 0 Å². The maximum atomic E-state index is 12.4. The van der Waals surface area contributed by atoms with Crippen LogP contribution in [0.4, 0.5) is 0 Å². The summed E-state index contributed by atoms with van der Waals surface area (Å²) in [5.74, 6) is 0.0280. The van der Waals surface area contributed by atoms with E-state index in [4.69, 9.17) is 11.6 Å². The number of hydrogen-bond donors (Lipinski definition) is 2. The molecule has 4 nitrogen and oxygen atoms in total. The van der Waals surface area contributed by atoms with E-state index in [1.807, 2.05) is 18.2 Å². The maximum Gasteiger partial charge on any atom is 0.261 e. The van der Waals surface area contributed by atoms with Gasteiger partial charge in [0, 0.05) is 29.3 Å². The van der Waals surface area contributed by atoms with Crippen molar-refractivity contribution in [2.75, 3.05) is 0 Å². The molecule has 1 amide bonds. The minimum absolute atomic E-state index is 0.0280. The molecule has 4 heterocycles. The van der Waals surface area contributed by atoms with E-state index in [1.165, 1.54) is 35.9 Å². The second-order valence-electron chi connectivity index (χ2n) is 5.90. The van der Waals surface area contributed by atoms with Gasteiger partial charge in [0.1, 0.15) is 5.03 Å². The SMILES string of the molecule is O=C(NC1CC2CCC1N2)c1ccc(Sc2cc(Cl)ccn2)s1. The highest BCUT2D eigenvalue weighted by Gasteiger charge is 2.39. The van der Waals surface area contributed by atoms with Gasteiger partial charge in [-0.05, 0) is 43.5 Å². The van der Waals surface area contributed by atoms with Gasteiger partial charge in [-0.15, -0.1) is 11.3 Å². The Balaban J connectivity index is 1.40. The van der Waals surface area contributed by atoms with Gasteiger partial charge in [0.25, 0.3) is 5.91 Å². The van der Waals surface area contributed by atoms with E-state index in [2.05, 4.69) is 15.6 Å². The molecule has 23 heavy (non-hydrogen) atoms. The summed E-state index contributed by atoms with van der Waals surface area (Å²) in [5, 5.41) is 8.22. The number of thiophene rings is 1. The quantitative estimate of drug-likeness (QED) is 0.869. The number of amides is 1. The molecule has 0 aromatic carbocycles. The lowest BCUT2D eigenvalue weighted by atomic mass is 9.95. The molecule has 3 atom stereocenters. The Bertz CT molecular complexity index is 736. The fraction of sp³-hybridized carbons (Fsp3) is 0.375. The number of aromatic nitrogens is 1. The minimum Gasteiger partial charge on any atom is -0.347 e. The van der Waals surface area contributed by atoms with Crippen molar-refractivity contribution in [2.45, 2.75) is 46.6 Å². The van der Waals surface area contributed by atoms with Crippen LogP contribution in [0, 0.1) is 0 Å². The normalized spacial score (nSPS) is 25.7. The van der Waals surface area contributed by atoms with Crippen LogP contribution < -0.4 is 10.6 Å². The Morgan fingerprint density at radius 3 is 3.04 bits per heavy atom. The van der Waals surface area contributed by atoms with Crippen molar-refractivity contribution in [3.05, 3.63) is 40.4 Å². The Kier molecular flexibility index (Phi) is 4.32. The largest absolute Gasteiger partial charge is 0.347 e. The Labute approximate surface area is 148 Å². The van der Waals surface area contributed by atoms with Crippen LogP contribution in [0.3, 0.4) is 0 Å². The number of fused-ring (bicyclic) bond motifs is 2. The summed E-state index contributed by atoms with van der Waals surface area (Å²) >= 11 is 8.99. The summed E-state index contributed by atoms with van der Waals surface area (Å²) < 4.78 is 1.04. The number of nitrogens with one attached hydrogen (secondary N) is 2. The molecule has 2 fully saturated rings. The van der Waals surface area contributed by atoms with E-state index in [1.54, 1.807) is 12.3 Å². The highest BCUT2D eigenvalue weighted by molar-refractivity contribution is 8.01. The molecule has 0 aliphatic carbocycles. The fourth-order valence-corrected chi connectivity index (χ4v) is 5.46. The average Bonchev–Trinajstić information content (AvgIpc) is 3.23. The average molecular weight is 366 g/mol. The highest BCUT2D eigenvalue weighted by Crippen LogP contribution is 2.34. The van der Waals surface area contributed by atoms with Crippen LogP contribution >= 0.6 is 34.7 Å². The predicted octanol–water partition coefficient (Wildman–Crippen LogP) is 3.57. The van der Waals surface area contributed by atoms with Crippen molar-refractivity contribution >= 4 is 40.6 Å². The smallest absolute Gasteiger partial charge is 0.261 e. The molecule has 4 rings (SSSR count). The van der Waals surface area contributed by atoms with Crippen LogP contribution in [0.1, 0.15) is 28.9 Å². The third-order valence-corrected chi connectivity index (χ3v) is 6.71. The summed E-state index contributed by atoms with van der Waals surface area (Å²) in [6.45, 7) is 0. The number of rotatable bonds is 4. The lowest BCUT2D eigenvalue weighted by molar-refractivity contribution is 0.0935. The Morgan fingerprint density at radius 2 is 2.30 bits per heavy atom. The molecular formula is C16H16ClN3OS2.